The molecule has 1 aliphatic rings. The van der Waals surface area contributed by atoms with Crippen LogP contribution >= 0.6 is 22.7 Å². The molecule has 0 aromatic heterocycles. The van der Waals surface area contributed by atoms with Gasteiger partial charge in [-0.15, -0.1) is 0 Å². The second-order valence-electron chi connectivity index (χ2n) is 6.53. The van der Waals surface area contributed by atoms with E-state index < -0.39 is 0 Å². The predicted molar refractivity (Wildman–Crippen MR) is 97.0 cm³/mol. The molecule has 20 heavy (non-hydrogen) atoms. The van der Waals surface area contributed by atoms with Crippen LogP contribution in [0.15, 0.2) is 41.3 Å². The fraction of sp³-hybridized carbons (Fsp3) is 0.444. The zero-order chi connectivity index (χ0) is 14.2. The molecule has 2 aromatic rings. The minimum atomic E-state index is 0.0643. The first kappa shape index (κ1) is 14.3. The Kier molecular flexibility index (Phi) is 4.05. The van der Waals surface area contributed by atoms with Crippen molar-refractivity contribution in [1.82, 2.24) is 0 Å². The lowest BCUT2D eigenvalue weighted by Crippen LogP contribution is -2.13. The molecule has 2 aromatic carbocycles. The van der Waals surface area contributed by atoms with Crippen molar-refractivity contribution in [1.29, 1.82) is 0 Å². The van der Waals surface area contributed by atoms with Crippen LogP contribution in [0.3, 0.4) is 0 Å². The van der Waals surface area contributed by atoms with Gasteiger partial charge in [0.1, 0.15) is 0 Å². The third kappa shape index (κ3) is 2.73. The summed E-state index contributed by atoms with van der Waals surface area (Å²) >= 11 is 2.12. The summed E-state index contributed by atoms with van der Waals surface area (Å²) in [4.78, 5) is 1.64. The quantitative estimate of drug-likeness (QED) is 0.703. The van der Waals surface area contributed by atoms with Gasteiger partial charge in [0, 0.05) is 11.5 Å². The van der Waals surface area contributed by atoms with Gasteiger partial charge in [0.2, 0.25) is 0 Å². The van der Waals surface area contributed by atoms with Crippen LogP contribution in [-0.4, -0.2) is 23.0 Å². The van der Waals surface area contributed by atoms with E-state index in [1.54, 1.807) is 4.90 Å². The number of thiol groups is 1. The monoisotopic (exact) mass is 304 g/mol. The van der Waals surface area contributed by atoms with Gasteiger partial charge >= 0.3 is 0 Å². The second-order valence-corrected chi connectivity index (χ2v) is 10.2. The Morgan fingerprint density at radius 2 is 1.55 bits per heavy atom. The van der Waals surface area contributed by atoms with Gasteiger partial charge in [-0.05, 0) is 44.2 Å². The summed E-state index contributed by atoms with van der Waals surface area (Å²) in [6, 6.07) is 13.9. The largest absolute Gasteiger partial charge is 0.225 e. The first-order valence-electron chi connectivity index (χ1n) is 7.42. The third-order valence-electron chi connectivity index (χ3n) is 4.06. The predicted octanol–water partition coefficient (Wildman–Crippen LogP) is 5.24. The van der Waals surface area contributed by atoms with Crippen molar-refractivity contribution < 1.29 is 0 Å². The molecule has 0 saturated carbocycles. The van der Waals surface area contributed by atoms with E-state index in [0.29, 0.717) is 0 Å². The van der Waals surface area contributed by atoms with Crippen molar-refractivity contribution in [2.75, 3.05) is 23.0 Å². The first-order valence-corrected chi connectivity index (χ1v) is 10.3. The summed E-state index contributed by atoms with van der Waals surface area (Å²) in [6.07, 6.45) is 0. The van der Waals surface area contributed by atoms with Crippen LogP contribution in [0.5, 0.6) is 0 Å². The van der Waals surface area contributed by atoms with E-state index in [-0.39, 0.29) is 16.3 Å². The molecule has 0 atom stereocenters. The summed E-state index contributed by atoms with van der Waals surface area (Å²) in [5.41, 5.74) is 1.70. The highest BCUT2D eigenvalue weighted by Crippen LogP contribution is 2.45. The highest BCUT2D eigenvalue weighted by molar-refractivity contribution is 8.19. The topological polar surface area (TPSA) is 0 Å². The van der Waals surface area contributed by atoms with Gasteiger partial charge in [0.25, 0.3) is 0 Å². The van der Waals surface area contributed by atoms with Crippen molar-refractivity contribution in [3.05, 3.63) is 42.0 Å². The lowest BCUT2D eigenvalue weighted by Gasteiger charge is -2.29. The van der Waals surface area contributed by atoms with Gasteiger partial charge in [-0.2, -0.15) is 11.8 Å². The Morgan fingerprint density at radius 3 is 2.20 bits per heavy atom. The number of benzene rings is 2. The maximum absolute atomic E-state index is 2.44. The van der Waals surface area contributed by atoms with Gasteiger partial charge in [-0.1, -0.05) is 51.1 Å². The van der Waals surface area contributed by atoms with E-state index >= 15 is 0 Å². The molecule has 1 saturated heterocycles. The molecule has 3 rings (SSSR count). The van der Waals surface area contributed by atoms with Crippen LogP contribution in [0.1, 0.15) is 26.3 Å². The SMILES string of the molecule is CC(C)(C)c1ccc([SH]2CCSCC2)c2ccccc12. The fourth-order valence-corrected chi connectivity index (χ4v) is 7.54. The number of rotatable bonds is 1. The summed E-state index contributed by atoms with van der Waals surface area (Å²) < 4.78 is 0. The van der Waals surface area contributed by atoms with Gasteiger partial charge in [-0.25, -0.2) is 10.9 Å². The highest BCUT2D eigenvalue weighted by atomic mass is 32.2. The minimum Gasteiger partial charge on any atom is -0.225 e. The van der Waals surface area contributed by atoms with Gasteiger partial charge in [-0.3, -0.25) is 0 Å². The summed E-state index contributed by atoms with van der Waals surface area (Å²) in [7, 11) is 0.0643. The van der Waals surface area contributed by atoms with E-state index in [1.165, 1.54) is 39.3 Å². The molecule has 0 amide bonds. The van der Waals surface area contributed by atoms with Crippen LogP contribution in [-0.2, 0) is 5.41 Å². The molecule has 1 heterocycles. The Balaban J connectivity index is 2.16. The number of fused-ring (bicyclic) bond motifs is 1. The van der Waals surface area contributed by atoms with Crippen molar-refractivity contribution in [3.63, 3.8) is 0 Å². The Bertz CT molecular complexity index is 604. The molecule has 0 unspecified atom stereocenters. The van der Waals surface area contributed by atoms with Crippen molar-refractivity contribution in [2.45, 2.75) is 31.1 Å². The third-order valence-corrected chi connectivity index (χ3v) is 8.25. The fourth-order valence-electron chi connectivity index (χ4n) is 3.02. The molecule has 0 N–H and O–H groups in total. The molecule has 2 heteroatoms. The zero-order valence-electron chi connectivity index (χ0n) is 12.6. The molecule has 0 aliphatic carbocycles. The second kappa shape index (κ2) is 5.65. The van der Waals surface area contributed by atoms with E-state index in [4.69, 9.17) is 0 Å². The summed E-state index contributed by atoms with van der Waals surface area (Å²) in [5, 5.41) is 2.98. The van der Waals surface area contributed by atoms with E-state index in [0.717, 1.165) is 0 Å². The van der Waals surface area contributed by atoms with Crippen molar-refractivity contribution >= 4 is 33.4 Å². The van der Waals surface area contributed by atoms with Gasteiger partial charge in [0.05, 0.1) is 0 Å². The molecule has 108 valence electrons. The maximum atomic E-state index is 2.44. The van der Waals surface area contributed by atoms with E-state index in [9.17, 15) is 0 Å². The smallest absolute Gasteiger partial charge is 0.00101 e. The average molecular weight is 305 g/mol. The molecule has 1 aliphatic heterocycles. The summed E-state index contributed by atoms with van der Waals surface area (Å²) in [5.74, 6) is 5.50. The van der Waals surface area contributed by atoms with E-state index in [1.807, 2.05) is 0 Å². The van der Waals surface area contributed by atoms with Crippen LogP contribution in [0, 0.1) is 0 Å². The maximum Gasteiger partial charge on any atom is 0.00101 e. The first-order chi connectivity index (χ1) is 9.57. The number of hydrogen-bond acceptors (Lipinski definition) is 1. The van der Waals surface area contributed by atoms with Crippen LogP contribution in [0.2, 0.25) is 0 Å². The van der Waals surface area contributed by atoms with Gasteiger partial charge in [0.15, 0.2) is 0 Å². The highest BCUT2D eigenvalue weighted by Gasteiger charge is 2.20. The molecule has 0 spiro atoms. The van der Waals surface area contributed by atoms with E-state index in [2.05, 4.69) is 68.9 Å². The lowest BCUT2D eigenvalue weighted by molar-refractivity contribution is 0.595. The molecule has 0 bridgehead atoms. The molecule has 0 radical (unpaired) electrons. The zero-order valence-corrected chi connectivity index (χ0v) is 14.4. The van der Waals surface area contributed by atoms with Crippen molar-refractivity contribution in [3.8, 4) is 0 Å². The molecular formula is C18H24S2. The Labute approximate surface area is 129 Å². The molecule has 1 fully saturated rings. The number of thioether (sulfide) groups is 1. The Hall–Kier alpha value is -0.600. The minimum absolute atomic E-state index is 0.0643. The Morgan fingerprint density at radius 1 is 0.900 bits per heavy atom. The molecule has 0 nitrogen and oxygen atoms in total. The average Bonchev–Trinajstić information content (AvgIpc) is 2.46. The van der Waals surface area contributed by atoms with Crippen LogP contribution in [0.4, 0.5) is 0 Å². The normalized spacial score (nSPS) is 18.4. The van der Waals surface area contributed by atoms with Crippen LogP contribution in [0.25, 0.3) is 10.8 Å². The van der Waals surface area contributed by atoms with Crippen molar-refractivity contribution in [2.24, 2.45) is 0 Å². The standard InChI is InChI=1S/C18H24S2/c1-18(2,3)16-8-9-17(20-12-10-19-11-13-20)15-7-5-4-6-14(15)16/h4-9,20H,10-13H2,1-3H3. The molecular weight excluding hydrogens is 280 g/mol. The lowest BCUT2D eigenvalue weighted by atomic mass is 9.84. The van der Waals surface area contributed by atoms with Crippen LogP contribution < -0.4 is 0 Å². The van der Waals surface area contributed by atoms with Gasteiger partial charge < -0.3 is 0 Å². The summed E-state index contributed by atoms with van der Waals surface area (Å²) in [6.45, 7) is 6.95. The number of hydrogen-bond donors (Lipinski definition) is 1.